The van der Waals surface area contributed by atoms with Crippen molar-refractivity contribution >= 4 is 17.7 Å². The summed E-state index contributed by atoms with van der Waals surface area (Å²) < 4.78 is 17.1. The highest BCUT2D eigenvalue weighted by molar-refractivity contribution is 8.01. The summed E-state index contributed by atoms with van der Waals surface area (Å²) in [6.07, 6.45) is 0. The lowest BCUT2D eigenvalue weighted by atomic mass is 10.2. The minimum Gasteiger partial charge on any atom is -0.468 e. The standard InChI is InChI=1S/C12H15FO2S/c1-8-7-9(5-6-10(8)13)16-12(2,3)11(14)15-4/h5-7H,1-4H3. The highest BCUT2D eigenvalue weighted by atomic mass is 32.2. The molecule has 1 aromatic carbocycles. The monoisotopic (exact) mass is 242 g/mol. The lowest BCUT2D eigenvalue weighted by molar-refractivity contribution is -0.142. The first-order valence-electron chi connectivity index (χ1n) is 4.90. The largest absolute Gasteiger partial charge is 0.468 e. The Morgan fingerprint density at radius 2 is 2.06 bits per heavy atom. The number of carbonyl (C=O) groups is 1. The van der Waals surface area contributed by atoms with Gasteiger partial charge in [-0.25, -0.2) is 4.39 Å². The molecule has 2 nitrogen and oxygen atoms in total. The first-order chi connectivity index (χ1) is 7.36. The van der Waals surface area contributed by atoms with Crippen molar-refractivity contribution in [3.63, 3.8) is 0 Å². The molecule has 0 fully saturated rings. The Kier molecular flexibility index (Phi) is 3.97. The van der Waals surface area contributed by atoms with Gasteiger partial charge in [-0.15, -0.1) is 11.8 Å². The molecular weight excluding hydrogens is 227 g/mol. The average Bonchev–Trinajstić information content (AvgIpc) is 2.22. The van der Waals surface area contributed by atoms with Crippen LogP contribution in [0.3, 0.4) is 0 Å². The fraction of sp³-hybridized carbons (Fsp3) is 0.417. The van der Waals surface area contributed by atoms with Crippen molar-refractivity contribution in [2.75, 3.05) is 7.11 Å². The molecule has 1 rings (SSSR count). The van der Waals surface area contributed by atoms with E-state index in [1.54, 1.807) is 32.9 Å². The summed E-state index contributed by atoms with van der Waals surface area (Å²) in [4.78, 5) is 12.3. The molecule has 0 aromatic heterocycles. The Hall–Kier alpha value is -1.03. The molecule has 0 spiro atoms. The van der Waals surface area contributed by atoms with Gasteiger partial charge in [0.25, 0.3) is 0 Å². The zero-order chi connectivity index (χ0) is 12.3. The third-order valence-corrected chi connectivity index (χ3v) is 3.35. The van der Waals surface area contributed by atoms with Gasteiger partial charge in [0.2, 0.25) is 0 Å². The molecule has 0 amide bonds. The topological polar surface area (TPSA) is 26.3 Å². The highest BCUT2D eigenvalue weighted by Gasteiger charge is 2.30. The molecule has 1 aromatic rings. The van der Waals surface area contributed by atoms with E-state index in [0.717, 1.165) is 4.90 Å². The number of carbonyl (C=O) groups excluding carboxylic acids is 1. The molecule has 0 unspecified atom stereocenters. The number of hydrogen-bond donors (Lipinski definition) is 0. The van der Waals surface area contributed by atoms with Gasteiger partial charge in [-0.05, 0) is 44.5 Å². The zero-order valence-electron chi connectivity index (χ0n) is 9.83. The van der Waals surface area contributed by atoms with Crippen LogP contribution in [0.2, 0.25) is 0 Å². The van der Waals surface area contributed by atoms with Gasteiger partial charge in [0, 0.05) is 4.90 Å². The molecule has 0 aliphatic heterocycles. The van der Waals surface area contributed by atoms with Crippen molar-refractivity contribution < 1.29 is 13.9 Å². The molecule has 0 radical (unpaired) electrons. The van der Waals surface area contributed by atoms with Crippen LogP contribution in [0.4, 0.5) is 4.39 Å². The predicted molar refractivity (Wildman–Crippen MR) is 63.1 cm³/mol. The van der Waals surface area contributed by atoms with Crippen LogP contribution in [0.5, 0.6) is 0 Å². The Morgan fingerprint density at radius 3 is 2.56 bits per heavy atom. The molecule has 4 heteroatoms. The minimum absolute atomic E-state index is 0.236. The second-order valence-corrected chi connectivity index (χ2v) is 5.71. The zero-order valence-corrected chi connectivity index (χ0v) is 10.7. The van der Waals surface area contributed by atoms with E-state index in [4.69, 9.17) is 4.74 Å². The van der Waals surface area contributed by atoms with E-state index < -0.39 is 4.75 Å². The van der Waals surface area contributed by atoms with Gasteiger partial charge in [0.1, 0.15) is 10.6 Å². The fourth-order valence-electron chi connectivity index (χ4n) is 1.26. The maximum Gasteiger partial charge on any atom is 0.321 e. The molecule has 16 heavy (non-hydrogen) atoms. The van der Waals surface area contributed by atoms with Crippen LogP contribution in [0, 0.1) is 12.7 Å². The summed E-state index contributed by atoms with van der Waals surface area (Å²) in [5.41, 5.74) is 0.575. The van der Waals surface area contributed by atoms with Crippen molar-refractivity contribution in [2.45, 2.75) is 30.4 Å². The molecule has 0 heterocycles. The first kappa shape index (κ1) is 13.0. The molecule has 0 aliphatic carbocycles. The van der Waals surface area contributed by atoms with Gasteiger partial charge in [0.15, 0.2) is 0 Å². The number of ether oxygens (including phenoxy) is 1. The fourth-order valence-corrected chi connectivity index (χ4v) is 2.39. The minimum atomic E-state index is -0.668. The quantitative estimate of drug-likeness (QED) is 0.601. The predicted octanol–water partition coefficient (Wildman–Crippen LogP) is 3.18. The van der Waals surface area contributed by atoms with Crippen molar-refractivity contribution in [3.05, 3.63) is 29.6 Å². The summed E-state index contributed by atoms with van der Waals surface area (Å²) in [7, 11) is 1.36. The summed E-state index contributed by atoms with van der Waals surface area (Å²) in [6.45, 7) is 5.26. The van der Waals surface area contributed by atoms with E-state index in [1.165, 1.54) is 24.9 Å². The van der Waals surface area contributed by atoms with Crippen molar-refractivity contribution in [1.29, 1.82) is 0 Å². The Balaban J connectivity index is 2.88. The van der Waals surface area contributed by atoms with E-state index in [1.807, 2.05) is 0 Å². The maximum absolute atomic E-state index is 13.1. The maximum atomic E-state index is 13.1. The second kappa shape index (κ2) is 4.87. The number of esters is 1. The van der Waals surface area contributed by atoms with Crippen molar-refractivity contribution in [3.8, 4) is 0 Å². The van der Waals surface area contributed by atoms with Crippen LogP contribution in [-0.4, -0.2) is 17.8 Å². The molecular formula is C12H15FO2S. The number of thioether (sulfide) groups is 1. The lowest BCUT2D eigenvalue weighted by Crippen LogP contribution is -2.28. The number of aryl methyl sites for hydroxylation is 1. The molecule has 0 N–H and O–H groups in total. The van der Waals surface area contributed by atoms with E-state index in [0.29, 0.717) is 5.56 Å². The van der Waals surface area contributed by atoms with E-state index in [9.17, 15) is 9.18 Å². The third kappa shape index (κ3) is 2.98. The van der Waals surface area contributed by atoms with Crippen LogP contribution in [0.15, 0.2) is 23.1 Å². The Labute approximate surface area is 99.2 Å². The highest BCUT2D eigenvalue weighted by Crippen LogP contribution is 2.34. The van der Waals surface area contributed by atoms with Crippen molar-refractivity contribution in [1.82, 2.24) is 0 Å². The van der Waals surface area contributed by atoms with E-state index in [-0.39, 0.29) is 11.8 Å². The number of methoxy groups -OCH3 is 1. The molecule has 0 bridgehead atoms. The summed E-state index contributed by atoms with van der Waals surface area (Å²) >= 11 is 1.36. The molecule has 88 valence electrons. The number of hydrogen-bond acceptors (Lipinski definition) is 3. The first-order valence-corrected chi connectivity index (χ1v) is 5.72. The van der Waals surface area contributed by atoms with Gasteiger partial charge in [-0.3, -0.25) is 4.79 Å². The smallest absolute Gasteiger partial charge is 0.321 e. The molecule has 0 saturated carbocycles. The molecule has 0 aliphatic rings. The Morgan fingerprint density at radius 1 is 1.44 bits per heavy atom. The second-order valence-electron chi connectivity index (χ2n) is 4.01. The number of rotatable bonds is 3. The van der Waals surface area contributed by atoms with Gasteiger partial charge in [-0.1, -0.05) is 0 Å². The Bertz CT molecular complexity index is 402. The van der Waals surface area contributed by atoms with Crippen LogP contribution >= 0.6 is 11.8 Å². The lowest BCUT2D eigenvalue weighted by Gasteiger charge is -2.20. The van der Waals surface area contributed by atoms with Gasteiger partial charge < -0.3 is 4.74 Å². The summed E-state index contributed by atoms with van der Waals surface area (Å²) in [5.74, 6) is -0.528. The van der Waals surface area contributed by atoms with Crippen molar-refractivity contribution in [2.24, 2.45) is 0 Å². The normalized spacial score (nSPS) is 11.3. The van der Waals surface area contributed by atoms with Crippen LogP contribution < -0.4 is 0 Å². The van der Waals surface area contributed by atoms with Gasteiger partial charge in [-0.2, -0.15) is 0 Å². The molecule has 0 saturated heterocycles. The number of benzene rings is 1. The van der Waals surface area contributed by atoms with Crippen LogP contribution in [0.1, 0.15) is 19.4 Å². The van der Waals surface area contributed by atoms with Gasteiger partial charge >= 0.3 is 5.97 Å². The summed E-state index contributed by atoms with van der Waals surface area (Å²) in [5, 5.41) is 0. The van der Waals surface area contributed by atoms with Gasteiger partial charge in [0.05, 0.1) is 7.11 Å². The SMILES string of the molecule is COC(=O)C(C)(C)Sc1ccc(F)c(C)c1. The van der Waals surface area contributed by atoms with Crippen LogP contribution in [-0.2, 0) is 9.53 Å². The summed E-state index contributed by atoms with van der Waals surface area (Å²) in [6, 6.07) is 4.80. The number of halogens is 1. The average molecular weight is 242 g/mol. The van der Waals surface area contributed by atoms with E-state index >= 15 is 0 Å². The van der Waals surface area contributed by atoms with E-state index in [2.05, 4.69) is 0 Å². The van der Waals surface area contributed by atoms with Crippen LogP contribution in [0.25, 0.3) is 0 Å². The third-order valence-electron chi connectivity index (χ3n) is 2.18. The molecule has 0 atom stereocenters.